The molecule has 3 heteroatoms. The van der Waals surface area contributed by atoms with Crippen LogP contribution in [0.3, 0.4) is 0 Å². The Morgan fingerprint density at radius 1 is 1.05 bits per heavy atom. The van der Waals surface area contributed by atoms with Crippen LogP contribution in [0, 0.1) is 0 Å². The van der Waals surface area contributed by atoms with Crippen molar-refractivity contribution in [2.75, 3.05) is 6.54 Å². The van der Waals surface area contributed by atoms with Gasteiger partial charge in [0.2, 0.25) is 5.91 Å². The van der Waals surface area contributed by atoms with Crippen LogP contribution in [-0.4, -0.2) is 21.9 Å². The summed E-state index contributed by atoms with van der Waals surface area (Å²) in [5, 5.41) is 0. The first-order valence-corrected chi connectivity index (χ1v) is 9.07. The number of aromatic nitrogens is 1. The Labute approximate surface area is 136 Å². The predicted octanol–water partition coefficient (Wildman–Crippen LogP) is 4.90. The van der Waals surface area contributed by atoms with Crippen LogP contribution in [0.15, 0.2) is 18.3 Å². The lowest BCUT2D eigenvalue weighted by Gasteiger charge is -2.22. The third-order valence-electron chi connectivity index (χ3n) is 4.24. The number of nitrogens with zero attached hydrogens (tertiary/aromatic N) is 2. The number of carbonyl (C=O) groups is 1. The highest BCUT2D eigenvalue weighted by Gasteiger charge is 2.13. The number of hydrogen-bond acceptors (Lipinski definition) is 1. The number of rotatable bonds is 12. The molecular weight excluding hydrogens is 272 g/mol. The van der Waals surface area contributed by atoms with Gasteiger partial charge in [-0.15, -0.1) is 0 Å². The molecule has 0 saturated carbocycles. The maximum Gasteiger partial charge on any atom is 0.222 e. The quantitative estimate of drug-likeness (QED) is 0.504. The summed E-state index contributed by atoms with van der Waals surface area (Å²) in [6.07, 6.45) is 12.6. The van der Waals surface area contributed by atoms with E-state index in [9.17, 15) is 4.79 Å². The molecule has 3 nitrogen and oxygen atoms in total. The number of amides is 1. The van der Waals surface area contributed by atoms with Gasteiger partial charge >= 0.3 is 0 Å². The fraction of sp³-hybridized carbons (Fsp3) is 0.737. The van der Waals surface area contributed by atoms with Crippen molar-refractivity contribution in [1.29, 1.82) is 0 Å². The second-order valence-electron chi connectivity index (χ2n) is 6.30. The van der Waals surface area contributed by atoms with Crippen LogP contribution in [0.5, 0.6) is 0 Å². The van der Waals surface area contributed by atoms with Crippen molar-refractivity contribution in [1.82, 2.24) is 9.47 Å². The minimum Gasteiger partial charge on any atom is -0.353 e. The van der Waals surface area contributed by atoms with Gasteiger partial charge in [0.25, 0.3) is 0 Å². The summed E-state index contributed by atoms with van der Waals surface area (Å²) < 4.78 is 2.10. The molecule has 0 bridgehead atoms. The van der Waals surface area contributed by atoms with E-state index in [1.807, 2.05) is 24.2 Å². The van der Waals surface area contributed by atoms with E-state index >= 15 is 0 Å². The average molecular weight is 306 g/mol. The Bertz CT molecular complexity index is 411. The Morgan fingerprint density at radius 3 is 2.32 bits per heavy atom. The van der Waals surface area contributed by atoms with Gasteiger partial charge in [-0.3, -0.25) is 4.79 Å². The Kier molecular flexibility index (Phi) is 9.69. The summed E-state index contributed by atoms with van der Waals surface area (Å²) in [7, 11) is 2.04. The van der Waals surface area contributed by atoms with Crippen molar-refractivity contribution in [3.8, 4) is 0 Å². The molecule has 0 unspecified atom stereocenters. The topological polar surface area (TPSA) is 25.2 Å². The summed E-state index contributed by atoms with van der Waals surface area (Å²) in [4.78, 5) is 14.4. The predicted molar refractivity (Wildman–Crippen MR) is 93.7 cm³/mol. The van der Waals surface area contributed by atoms with Crippen LogP contribution in [-0.2, 0) is 18.4 Å². The molecule has 1 aromatic rings. The molecule has 0 saturated heterocycles. The molecule has 0 radical (unpaired) electrons. The molecule has 0 fully saturated rings. The molecule has 0 aliphatic carbocycles. The molecular formula is C19H34N2O. The lowest BCUT2D eigenvalue weighted by Crippen LogP contribution is -2.31. The number of hydrogen-bond donors (Lipinski definition) is 0. The lowest BCUT2D eigenvalue weighted by atomic mass is 10.1. The van der Waals surface area contributed by atoms with E-state index in [0.717, 1.165) is 25.9 Å². The maximum atomic E-state index is 12.4. The number of aryl methyl sites for hydroxylation is 1. The fourth-order valence-corrected chi connectivity index (χ4v) is 2.81. The molecule has 1 amide bonds. The van der Waals surface area contributed by atoms with Crippen LogP contribution in [0.2, 0.25) is 0 Å². The smallest absolute Gasteiger partial charge is 0.222 e. The fourth-order valence-electron chi connectivity index (χ4n) is 2.81. The SMILES string of the molecule is CCCCCCCCCC(=O)N(CCC)Cc1cccn1C. The van der Waals surface area contributed by atoms with E-state index in [0.29, 0.717) is 12.3 Å². The van der Waals surface area contributed by atoms with E-state index in [2.05, 4.69) is 24.5 Å². The molecule has 1 rings (SSSR count). The largest absolute Gasteiger partial charge is 0.353 e. The standard InChI is InChI=1S/C19H34N2O/c1-4-6-7-8-9-10-11-14-19(22)21(15-5-2)17-18-13-12-16-20(18)3/h12-13,16H,4-11,14-15,17H2,1-3H3. The van der Waals surface area contributed by atoms with Gasteiger partial charge in [0, 0.05) is 31.9 Å². The van der Waals surface area contributed by atoms with Crippen molar-refractivity contribution in [3.05, 3.63) is 24.0 Å². The highest BCUT2D eigenvalue weighted by atomic mass is 16.2. The molecule has 0 aliphatic rings. The zero-order chi connectivity index (χ0) is 16.2. The molecule has 1 heterocycles. The minimum absolute atomic E-state index is 0.316. The van der Waals surface area contributed by atoms with E-state index < -0.39 is 0 Å². The maximum absolute atomic E-state index is 12.4. The molecule has 0 spiro atoms. The first-order chi connectivity index (χ1) is 10.7. The van der Waals surface area contributed by atoms with Crippen LogP contribution in [0.1, 0.15) is 77.3 Å². The second kappa shape index (κ2) is 11.3. The summed E-state index contributed by atoms with van der Waals surface area (Å²) in [5.74, 6) is 0.316. The zero-order valence-corrected chi connectivity index (χ0v) is 14.8. The first-order valence-electron chi connectivity index (χ1n) is 9.07. The molecule has 0 N–H and O–H groups in total. The normalized spacial score (nSPS) is 10.9. The van der Waals surface area contributed by atoms with Gasteiger partial charge in [-0.25, -0.2) is 0 Å². The molecule has 126 valence electrons. The van der Waals surface area contributed by atoms with E-state index in [1.54, 1.807) is 0 Å². The third kappa shape index (κ3) is 7.15. The average Bonchev–Trinajstić information content (AvgIpc) is 2.91. The van der Waals surface area contributed by atoms with Crippen LogP contribution < -0.4 is 0 Å². The summed E-state index contributed by atoms with van der Waals surface area (Å²) in [6, 6.07) is 4.14. The van der Waals surface area contributed by atoms with Crippen LogP contribution in [0.4, 0.5) is 0 Å². The first kappa shape index (κ1) is 18.8. The third-order valence-corrected chi connectivity index (χ3v) is 4.24. The van der Waals surface area contributed by atoms with Crippen LogP contribution >= 0.6 is 0 Å². The molecule has 0 aromatic carbocycles. The van der Waals surface area contributed by atoms with Gasteiger partial charge in [0.05, 0.1) is 6.54 Å². The summed E-state index contributed by atoms with van der Waals surface area (Å²) in [5.41, 5.74) is 1.21. The van der Waals surface area contributed by atoms with Crippen molar-refractivity contribution in [2.24, 2.45) is 7.05 Å². The Morgan fingerprint density at radius 2 is 1.73 bits per heavy atom. The van der Waals surface area contributed by atoms with E-state index in [-0.39, 0.29) is 0 Å². The van der Waals surface area contributed by atoms with Gasteiger partial charge in [0.1, 0.15) is 0 Å². The summed E-state index contributed by atoms with van der Waals surface area (Å²) in [6.45, 7) is 5.99. The van der Waals surface area contributed by atoms with Gasteiger partial charge in [-0.05, 0) is 25.0 Å². The molecule has 0 atom stereocenters. The van der Waals surface area contributed by atoms with Crippen molar-refractivity contribution >= 4 is 5.91 Å². The van der Waals surface area contributed by atoms with Gasteiger partial charge in [-0.1, -0.05) is 52.4 Å². The van der Waals surface area contributed by atoms with Gasteiger partial charge < -0.3 is 9.47 Å². The van der Waals surface area contributed by atoms with E-state index in [1.165, 1.54) is 44.2 Å². The number of carbonyl (C=O) groups excluding carboxylic acids is 1. The van der Waals surface area contributed by atoms with Crippen molar-refractivity contribution < 1.29 is 4.79 Å². The number of unbranched alkanes of at least 4 members (excludes halogenated alkanes) is 6. The molecule has 22 heavy (non-hydrogen) atoms. The van der Waals surface area contributed by atoms with Gasteiger partial charge in [-0.2, -0.15) is 0 Å². The zero-order valence-electron chi connectivity index (χ0n) is 14.8. The Balaban J connectivity index is 2.28. The lowest BCUT2D eigenvalue weighted by molar-refractivity contribution is -0.132. The monoisotopic (exact) mass is 306 g/mol. The van der Waals surface area contributed by atoms with Crippen molar-refractivity contribution in [2.45, 2.75) is 78.2 Å². The minimum atomic E-state index is 0.316. The second-order valence-corrected chi connectivity index (χ2v) is 6.30. The summed E-state index contributed by atoms with van der Waals surface area (Å²) >= 11 is 0. The molecule has 0 aliphatic heterocycles. The van der Waals surface area contributed by atoms with Crippen molar-refractivity contribution in [3.63, 3.8) is 0 Å². The molecule has 1 aromatic heterocycles. The van der Waals surface area contributed by atoms with E-state index in [4.69, 9.17) is 0 Å². The van der Waals surface area contributed by atoms with Gasteiger partial charge in [0.15, 0.2) is 0 Å². The Hall–Kier alpha value is -1.25. The highest BCUT2D eigenvalue weighted by molar-refractivity contribution is 5.76. The highest BCUT2D eigenvalue weighted by Crippen LogP contribution is 2.12. The van der Waals surface area contributed by atoms with Crippen LogP contribution in [0.25, 0.3) is 0 Å².